The van der Waals surface area contributed by atoms with Gasteiger partial charge in [-0.2, -0.15) is 0 Å². The SMILES string of the molecule is Cc1ccc(Cl)cc1S(=O)(=O)Nc1ccccc1C(=O)NCC(C)C. The average Bonchev–Trinajstić information content (AvgIpc) is 2.55. The van der Waals surface area contributed by atoms with Gasteiger partial charge in [0.05, 0.1) is 16.1 Å². The molecule has 25 heavy (non-hydrogen) atoms. The number of benzene rings is 2. The zero-order valence-electron chi connectivity index (χ0n) is 14.3. The van der Waals surface area contributed by atoms with Crippen LogP contribution < -0.4 is 10.0 Å². The highest BCUT2D eigenvalue weighted by atomic mass is 35.5. The molecular weight excluding hydrogens is 360 g/mol. The van der Waals surface area contributed by atoms with Crippen molar-refractivity contribution in [3.8, 4) is 0 Å². The highest BCUT2D eigenvalue weighted by molar-refractivity contribution is 7.92. The summed E-state index contributed by atoms with van der Waals surface area (Å²) < 4.78 is 27.9. The number of hydrogen-bond donors (Lipinski definition) is 2. The molecule has 0 saturated carbocycles. The first-order valence-corrected chi connectivity index (χ1v) is 9.73. The summed E-state index contributed by atoms with van der Waals surface area (Å²) >= 11 is 5.92. The van der Waals surface area contributed by atoms with E-state index in [2.05, 4.69) is 10.0 Å². The van der Waals surface area contributed by atoms with Gasteiger partial charge < -0.3 is 5.32 Å². The molecule has 2 aromatic rings. The lowest BCUT2D eigenvalue weighted by molar-refractivity contribution is 0.0950. The highest BCUT2D eigenvalue weighted by Gasteiger charge is 2.20. The van der Waals surface area contributed by atoms with E-state index < -0.39 is 10.0 Å². The Morgan fingerprint density at radius 1 is 1.16 bits per heavy atom. The Bertz CT molecular complexity index is 880. The van der Waals surface area contributed by atoms with Crippen LogP contribution in [0.3, 0.4) is 0 Å². The first-order valence-electron chi connectivity index (χ1n) is 7.87. The predicted octanol–water partition coefficient (Wildman–Crippen LogP) is 3.84. The summed E-state index contributed by atoms with van der Waals surface area (Å²) in [7, 11) is -3.87. The van der Waals surface area contributed by atoms with Crippen LogP contribution in [0, 0.1) is 12.8 Å². The van der Waals surface area contributed by atoms with Gasteiger partial charge in [0.25, 0.3) is 15.9 Å². The van der Waals surface area contributed by atoms with E-state index in [-0.39, 0.29) is 22.1 Å². The van der Waals surface area contributed by atoms with Crippen LogP contribution in [0.1, 0.15) is 29.8 Å². The molecule has 5 nitrogen and oxygen atoms in total. The number of aryl methyl sites for hydroxylation is 1. The maximum Gasteiger partial charge on any atom is 0.262 e. The Balaban J connectivity index is 2.34. The molecule has 0 spiro atoms. The van der Waals surface area contributed by atoms with E-state index >= 15 is 0 Å². The Labute approximate surface area is 153 Å². The van der Waals surface area contributed by atoms with Crippen molar-refractivity contribution in [1.82, 2.24) is 5.32 Å². The molecule has 0 aliphatic heterocycles. The molecule has 2 aromatic carbocycles. The number of carbonyl (C=O) groups is 1. The minimum absolute atomic E-state index is 0.0809. The van der Waals surface area contributed by atoms with Gasteiger partial charge in [-0.25, -0.2) is 8.42 Å². The molecule has 0 heterocycles. The number of nitrogens with one attached hydrogen (secondary N) is 2. The van der Waals surface area contributed by atoms with Gasteiger partial charge in [0, 0.05) is 11.6 Å². The van der Waals surface area contributed by atoms with Gasteiger partial charge in [-0.15, -0.1) is 0 Å². The Hall–Kier alpha value is -2.05. The lowest BCUT2D eigenvalue weighted by Gasteiger charge is -2.14. The number of anilines is 1. The quantitative estimate of drug-likeness (QED) is 0.799. The zero-order chi connectivity index (χ0) is 18.6. The van der Waals surface area contributed by atoms with Gasteiger partial charge in [0.15, 0.2) is 0 Å². The molecule has 0 radical (unpaired) electrons. The van der Waals surface area contributed by atoms with E-state index in [1.165, 1.54) is 6.07 Å². The van der Waals surface area contributed by atoms with E-state index in [9.17, 15) is 13.2 Å². The van der Waals surface area contributed by atoms with Crippen LogP contribution in [-0.2, 0) is 10.0 Å². The molecular formula is C18H21ClN2O3S. The number of hydrogen-bond acceptors (Lipinski definition) is 3. The molecule has 0 aliphatic rings. The van der Waals surface area contributed by atoms with E-state index in [1.54, 1.807) is 43.3 Å². The summed E-state index contributed by atoms with van der Waals surface area (Å²) in [5.41, 5.74) is 1.06. The van der Waals surface area contributed by atoms with Crippen LogP contribution in [0.4, 0.5) is 5.69 Å². The molecule has 7 heteroatoms. The minimum Gasteiger partial charge on any atom is -0.352 e. The lowest BCUT2D eigenvalue weighted by Crippen LogP contribution is -2.28. The molecule has 0 bridgehead atoms. The second-order valence-electron chi connectivity index (χ2n) is 6.16. The summed E-state index contributed by atoms with van der Waals surface area (Å²) in [6.07, 6.45) is 0. The maximum absolute atomic E-state index is 12.7. The Kier molecular flexibility index (Phi) is 6.08. The van der Waals surface area contributed by atoms with Crippen LogP contribution in [0.2, 0.25) is 5.02 Å². The number of halogens is 1. The number of carbonyl (C=O) groups excluding carboxylic acids is 1. The number of amides is 1. The number of rotatable bonds is 6. The number of sulfonamides is 1. The Morgan fingerprint density at radius 2 is 1.84 bits per heavy atom. The molecule has 0 atom stereocenters. The molecule has 1 amide bonds. The normalized spacial score (nSPS) is 11.4. The van der Waals surface area contributed by atoms with Crippen molar-refractivity contribution in [2.24, 2.45) is 5.92 Å². The highest BCUT2D eigenvalue weighted by Crippen LogP contribution is 2.24. The summed E-state index contributed by atoms with van der Waals surface area (Å²) in [5, 5.41) is 3.12. The van der Waals surface area contributed by atoms with Crippen molar-refractivity contribution in [3.63, 3.8) is 0 Å². The topological polar surface area (TPSA) is 75.3 Å². The largest absolute Gasteiger partial charge is 0.352 e. The third-order valence-corrected chi connectivity index (χ3v) is 5.27. The van der Waals surface area contributed by atoms with Gasteiger partial charge in [-0.3, -0.25) is 9.52 Å². The average molecular weight is 381 g/mol. The fourth-order valence-corrected chi connectivity index (χ4v) is 3.81. The van der Waals surface area contributed by atoms with E-state index in [1.807, 2.05) is 13.8 Å². The molecule has 0 fully saturated rings. The molecule has 2 rings (SSSR count). The van der Waals surface area contributed by atoms with Crippen molar-refractivity contribution in [3.05, 3.63) is 58.6 Å². The van der Waals surface area contributed by atoms with Gasteiger partial charge in [-0.1, -0.05) is 43.6 Å². The fraction of sp³-hybridized carbons (Fsp3) is 0.278. The third kappa shape index (κ3) is 4.96. The van der Waals surface area contributed by atoms with Gasteiger partial charge in [0.1, 0.15) is 0 Å². The van der Waals surface area contributed by atoms with E-state index in [4.69, 9.17) is 11.6 Å². The van der Waals surface area contributed by atoms with Crippen molar-refractivity contribution in [2.75, 3.05) is 11.3 Å². The number of para-hydroxylation sites is 1. The molecule has 0 aromatic heterocycles. The van der Waals surface area contributed by atoms with Crippen LogP contribution in [0.5, 0.6) is 0 Å². The predicted molar refractivity (Wildman–Crippen MR) is 101 cm³/mol. The molecule has 0 unspecified atom stereocenters. The second kappa shape index (κ2) is 7.89. The summed E-state index contributed by atoms with van der Waals surface area (Å²) in [4.78, 5) is 12.4. The summed E-state index contributed by atoms with van der Waals surface area (Å²) in [5.74, 6) is -0.0308. The second-order valence-corrected chi connectivity index (χ2v) is 8.25. The van der Waals surface area contributed by atoms with Crippen LogP contribution in [0.25, 0.3) is 0 Å². The zero-order valence-corrected chi connectivity index (χ0v) is 15.9. The monoisotopic (exact) mass is 380 g/mol. The molecule has 0 aliphatic carbocycles. The van der Waals surface area contributed by atoms with Crippen molar-refractivity contribution >= 4 is 33.2 Å². The maximum atomic E-state index is 12.7. The van der Waals surface area contributed by atoms with Gasteiger partial charge >= 0.3 is 0 Å². The van der Waals surface area contributed by atoms with Gasteiger partial charge in [-0.05, 0) is 42.7 Å². The van der Waals surface area contributed by atoms with E-state index in [0.29, 0.717) is 23.0 Å². The smallest absolute Gasteiger partial charge is 0.262 e. The molecule has 0 saturated heterocycles. The van der Waals surface area contributed by atoms with Gasteiger partial charge in [0.2, 0.25) is 0 Å². The molecule has 134 valence electrons. The van der Waals surface area contributed by atoms with Crippen LogP contribution in [0.15, 0.2) is 47.4 Å². The third-order valence-electron chi connectivity index (χ3n) is 3.53. The summed E-state index contributed by atoms with van der Waals surface area (Å²) in [6, 6.07) is 11.1. The van der Waals surface area contributed by atoms with Crippen LogP contribution >= 0.6 is 11.6 Å². The lowest BCUT2D eigenvalue weighted by atomic mass is 10.1. The Morgan fingerprint density at radius 3 is 2.52 bits per heavy atom. The van der Waals surface area contributed by atoms with Crippen molar-refractivity contribution < 1.29 is 13.2 Å². The fourth-order valence-electron chi connectivity index (χ4n) is 2.23. The standard InChI is InChI=1S/C18H21ClN2O3S/c1-12(2)11-20-18(22)15-6-4-5-7-16(15)21-25(23,24)17-10-14(19)9-8-13(17)3/h4-10,12,21H,11H2,1-3H3,(H,20,22). The van der Waals surface area contributed by atoms with E-state index in [0.717, 1.165) is 0 Å². The van der Waals surface area contributed by atoms with Crippen molar-refractivity contribution in [1.29, 1.82) is 0 Å². The van der Waals surface area contributed by atoms with Crippen LogP contribution in [-0.4, -0.2) is 20.9 Å². The summed E-state index contributed by atoms with van der Waals surface area (Å²) in [6.45, 7) is 6.16. The first-order chi connectivity index (χ1) is 11.7. The molecule has 2 N–H and O–H groups in total. The van der Waals surface area contributed by atoms with Crippen molar-refractivity contribution in [2.45, 2.75) is 25.7 Å². The minimum atomic E-state index is -3.87. The first kappa shape index (κ1) is 19.3.